The third-order valence-corrected chi connectivity index (χ3v) is 4.58. The van der Waals surface area contributed by atoms with E-state index in [0.717, 1.165) is 0 Å². The zero-order valence-electron chi connectivity index (χ0n) is 19.2. The van der Waals surface area contributed by atoms with Crippen LogP contribution in [0.4, 0.5) is 10.6 Å². The van der Waals surface area contributed by atoms with E-state index in [4.69, 9.17) is 9.47 Å². The smallest absolute Gasteiger partial charge is 0.407 e. The van der Waals surface area contributed by atoms with Gasteiger partial charge in [-0.05, 0) is 34.7 Å². The maximum absolute atomic E-state index is 12.2. The van der Waals surface area contributed by atoms with Gasteiger partial charge in [0.15, 0.2) is 0 Å². The van der Waals surface area contributed by atoms with Gasteiger partial charge < -0.3 is 30.0 Å². The van der Waals surface area contributed by atoms with Crippen LogP contribution in [0.15, 0.2) is 6.20 Å². The SMILES string of the molecule is CCOC(=O)c1nc(NC2CC(NC(=O)CCNC(=O)OC(C)(C)C)CN2C)cn1C. The van der Waals surface area contributed by atoms with Crippen LogP contribution in [0.25, 0.3) is 0 Å². The molecule has 0 aliphatic carbocycles. The number of anilines is 1. The van der Waals surface area contributed by atoms with Crippen molar-refractivity contribution in [3.05, 3.63) is 12.0 Å². The minimum Gasteiger partial charge on any atom is -0.460 e. The van der Waals surface area contributed by atoms with Crippen molar-refractivity contribution < 1.29 is 23.9 Å². The molecule has 1 aromatic rings. The van der Waals surface area contributed by atoms with Crippen LogP contribution in [0.3, 0.4) is 0 Å². The monoisotopic (exact) mass is 438 g/mol. The lowest BCUT2D eigenvalue weighted by molar-refractivity contribution is -0.121. The number of hydrogen-bond donors (Lipinski definition) is 3. The van der Waals surface area contributed by atoms with Gasteiger partial charge >= 0.3 is 12.1 Å². The zero-order chi connectivity index (χ0) is 23.2. The minimum atomic E-state index is -0.576. The summed E-state index contributed by atoms with van der Waals surface area (Å²) in [6.07, 6.45) is 1.99. The molecule has 2 atom stereocenters. The number of imidazole rings is 1. The number of nitrogens with zero attached hydrogens (tertiary/aromatic N) is 3. The highest BCUT2D eigenvalue weighted by molar-refractivity contribution is 5.86. The van der Waals surface area contributed by atoms with Crippen LogP contribution in [-0.2, 0) is 21.3 Å². The normalized spacial score (nSPS) is 19.0. The molecule has 0 aromatic carbocycles. The van der Waals surface area contributed by atoms with Gasteiger partial charge in [-0.15, -0.1) is 0 Å². The van der Waals surface area contributed by atoms with Crippen LogP contribution >= 0.6 is 0 Å². The first-order valence-electron chi connectivity index (χ1n) is 10.4. The molecule has 0 bridgehead atoms. The van der Waals surface area contributed by atoms with E-state index >= 15 is 0 Å². The Kier molecular flexibility index (Phi) is 8.26. The molecule has 174 valence electrons. The predicted octanol–water partition coefficient (Wildman–Crippen LogP) is 1.07. The molecule has 2 heterocycles. The third kappa shape index (κ3) is 7.74. The number of likely N-dealkylation sites (tertiary alicyclic amines) is 1. The van der Waals surface area contributed by atoms with Crippen molar-refractivity contribution in [3.8, 4) is 0 Å². The topological polar surface area (TPSA) is 127 Å². The molecule has 0 radical (unpaired) electrons. The van der Waals surface area contributed by atoms with Gasteiger partial charge in [-0.2, -0.15) is 0 Å². The van der Waals surface area contributed by atoms with Crippen molar-refractivity contribution in [1.29, 1.82) is 0 Å². The number of aryl methyl sites for hydroxylation is 1. The Balaban J connectivity index is 1.78. The summed E-state index contributed by atoms with van der Waals surface area (Å²) >= 11 is 0. The van der Waals surface area contributed by atoms with E-state index in [-0.39, 0.29) is 43.5 Å². The first kappa shape index (κ1) is 24.4. The molecule has 0 spiro atoms. The Bertz CT molecular complexity index is 788. The van der Waals surface area contributed by atoms with Gasteiger partial charge in [0.05, 0.1) is 12.8 Å². The van der Waals surface area contributed by atoms with Crippen LogP contribution in [0.1, 0.15) is 51.2 Å². The summed E-state index contributed by atoms with van der Waals surface area (Å²) in [5.74, 6) is 0.184. The summed E-state index contributed by atoms with van der Waals surface area (Å²) in [6, 6.07) is -0.0373. The number of rotatable bonds is 8. The van der Waals surface area contributed by atoms with E-state index in [1.54, 1.807) is 45.5 Å². The fraction of sp³-hybridized carbons (Fsp3) is 0.700. The van der Waals surface area contributed by atoms with E-state index in [0.29, 0.717) is 18.8 Å². The molecule has 2 amide bonds. The van der Waals surface area contributed by atoms with Gasteiger partial charge in [-0.1, -0.05) is 0 Å². The summed E-state index contributed by atoms with van der Waals surface area (Å²) < 4.78 is 11.8. The summed E-state index contributed by atoms with van der Waals surface area (Å²) in [4.78, 5) is 42.1. The average molecular weight is 439 g/mol. The summed E-state index contributed by atoms with van der Waals surface area (Å²) in [5, 5.41) is 8.86. The number of carbonyl (C=O) groups excluding carboxylic acids is 3. The number of esters is 1. The maximum atomic E-state index is 12.2. The molecular formula is C20H34N6O5. The molecule has 2 rings (SSSR count). The number of ether oxygens (including phenoxy) is 2. The number of amides is 2. The van der Waals surface area contributed by atoms with Crippen LogP contribution in [0.5, 0.6) is 0 Å². The Morgan fingerprint density at radius 3 is 2.61 bits per heavy atom. The van der Waals surface area contributed by atoms with Gasteiger partial charge in [0.1, 0.15) is 11.4 Å². The van der Waals surface area contributed by atoms with E-state index in [1.165, 1.54) is 0 Å². The molecule has 3 N–H and O–H groups in total. The second-order valence-corrected chi connectivity index (χ2v) is 8.56. The largest absolute Gasteiger partial charge is 0.460 e. The molecule has 1 saturated heterocycles. The third-order valence-electron chi connectivity index (χ3n) is 4.58. The first-order chi connectivity index (χ1) is 14.5. The highest BCUT2D eigenvalue weighted by Gasteiger charge is 2.31. The summed E-state index contributed by atoms with van der Waals surface area (Å²) in [5.41, 5.74) is -0.576. The molecule has 11 nitrogen and oxygen atoms in total. The average Bonchev–Trinajstić information content (AvgIpc) is 3.16. The predicted molar refractivity (Wildman–Crippen MR) is 115 cm³/mol. The van der Waals surface area contributed by atoms with E-state index < -0.39 is 17.7 Å². The van der Waals surface area contributed by atoms with Gasteiger partial charge in [0.2, 0.25) is 11.7 Å². The van der Waals surface area contributed by atoms with Gasteiger partial charge in [0, 0.05) is 45.2 Å². The fourth-order valence-corrected chi connectivity index (χ4v) is 3.26. The summed E-state index contributed by atoms with van der Waals surface area (Å²) in [7, 11) is 3.68. The number of aromatic nitrogens is 2. The Labute approximate surface area is 182 Å². The van der Waals surface area contributed by atoms with Crippen molar-refractivity contribution in [3.63, 3.8) is 0 Å². The number of hydrogen-bond acceptors (Lipinski definition) is 8. The molecule has 0 saturated carbocycles. The molecule has 1 aliphatic heterocycles. The van der Waals surface area contributed by atoms with Crippen molar-refractivity contribution in [2.24, 2.45) is 7.05 Å². The molecular weight excluding hydrogens is 404 g/mol. The second kappa shape index (κ2) is 10.5. The second-order valence-electron chi connectivity index (χ2n) is 8.56. The van der Waals surface area contributed by atoms with Crippen LogP contribution in [0.2, 0.25) is 0 Å². The fourth-order valence-electron chi connectivity index (χ4n) is 3.26. The maximum Gasteiger partial charge on any atom is 0.407 e. The molecule has 31 heavy (non-hydrogen) atoms. The molecule has 1 fully saturated rings. The van der Waals surface area contributed by atoms with Crippen LogP contribution in [-0.4, -0.2) is 77.0 Å². The lowest BCUT2D eigenvalue weighted by atomic mass is 10.2. The van der Waals surface area contributed by atoms with E-state index in [9.17, 15) is 14.4 Å². The minimum absolute atomic E-state index is 0.0373. The summed E-state index contributed by atoms with van der Waals surface area (Å²) in [6.45, 7) is 8.24. The van der Waals surface area contributed by atoms with Gasteiger partial charge in [0.25, 0.3) is 0 Å². The Hall–Kier alpha value is -2.82. The number of alkyl carbamates (subject to hydrolysis) is 1. The van der Waals surface area contributed by atoms with E-state index in [1.807, 2.05) is 7.05 Å². The Morgan fingerprint density at radius 2 is 1.97 bits per heavy atom. The molecule has 11 heteroatoms. The van der Waals surface area contributed by atoms with Crippen molar-refractivity contribution in [1.82, 2.24) is 25.1 Å². The highest BCUT2D eigenvalue weighted by Crippen LogP contribution is 2.19. The quantitative estimate of drug-likeness (QED) is 0.515. The highest BCUT2D eigenvalue weighted by atomic mass is 16.6. The van der Waals surface area contributed by atoms with E-state index in [2.05, 4.69) is 25.8 Å². The molecule has 1 aromatic heterocycles. The first-order valence-corrected chi connectivity index (χ1v) is 10.4. The molecule has 1 aliphatic rings. The van der Waals surface area contributed by atoms with Crippen molar-refractivity contribution in [2.45, 2.75) is 58.3 Å². The standard InChI is InChI=1S/C20H34N6O5/c1-7-30-18(28)17-24-14(12-26(17)6)23-15-10-13(11-25(15)5)22-16(27)8-9-21-19(29)31-20(2,3)4/h12-13,15,23H,7-11H2,1-6H3,(H,21,29)(H,22,27). The number of likely N-dealkylation sites (N-methyl/N-ethyl adjacent to an activating group) is 1. The molecule has 2 unspecified atom stereocenters. The Morgan fingerprint density at radius 1 is 1.26 bits per heavy atom. The van der Waals surface area contributed by atoms with Crippen LogP contribution < -0.4 is 16.0 Å². The number of carbonyl (C=O) groups is 3. The van der Waals surface area contributed by atoms with Gasteiger partial charge in [-0.3, -0.25) is 9.69 Å². The lowest BCUT2D eigenvalue weighted by Gasteiger charge is -2.19. The zero-order valence-corrected chi connectivity index (χ0v) is 19.2. The van der Waals surface area contributed by atoms with Crippen LogP contribution in [0, 0.1) is 0 Å². The van der Waals surface area contributed by atoms with Crippen molar-refractivity contribution in [2.75, 3.05) is 32.1 Å². The number of nitrogens with one attached hydrogen (secondary N) is 3. The van der Waals surface area contributed by atoms with Gasteiger partial charge in [-0.25, -0.2) is 14.6 Å². The lowest BCUT2D eigenvalue weighted by Crippen LogP contribution is -2.39. The van der Waals surface area contributed by atoms with Crippen molar-refractivity contribution >= 4 is 23.8 Å².